The van der Waals surface area contributed by atoms with Gasteiger partial charge in [-0.15, -0.1) is 0 Å². The molecule has 0 radical (unpaired) electrons. The van der Waals surface area contributed by atoms with Gasteiger partial charge in [-0.3, -0.25) is 15.0 Å². The Labute approximate surface area is 210 Å². The molecular weight excluding hydrogens is 446 g/mol. The number of nitrogens with one attached hydrogen (secondary N) is 6. The molecule has 2 aliphatic carbocycles. The number of carbonyl (C=O) groups excluding carboxylic acids is 1. The Morgan fingerprint density at radius 1 is 1.11 bits per heavy atom. The zero-order chi connectivity index (χ0) is 24.2. The van der Waals surface area contributed by atoms with E-state index in [-0.39, 0.29) is 36.3 Å². The lowest BCUT2D eigenvalue weighted by atomic mass is 9.77. The predicted octanol–water partition coefficient (Wildman–Crippen LogP) is -0.176. The summed E-state index contributed by atoms with van der Waals surface area (Å²) < 4.78 is 11.7. The lowest BCUT2D eigenvalue weighted by Gasteiger charge is -2.44. The summed E-state index contributed by atoms with van der Waals surface area (Å²) in [5, 5.41) is 14.1. The van der Waals surface area contributed by atoms with Crippen molar-refractivity contribution in [3.05, 3.63) is 0 Å². The van der Waals surface area contributed by atoms with Crippen molar-refractivity contribution in [2.45, 2.75) is 100 Å². The second-order valence-corrected chi connectivity index (χ2v) is 11.3. The molecule has 9 atom stereocenters. The molecule has 0 bridgehead atoms. The molecule has 3 heterocycles. The molecule has 8 unspecified atom stereocenters. The van der Waals surface area contributed by atoms with Gasteiger partial charge in [0.05, 0.1) is 24.5 Å². The van der Waals surface area contributed by atoms with Gasteiger partial charge >= 0.3 is 0 Å². The van der Waals surface area contributed by atoms with E-state index >= 15 is 0 Å². The molecule has 0 spiro atoms. The molecule has 5 rings (SSSR count). The third-order valence-electron chi connectivity index (χ3n) is 9.20. The summed E-state index contributed by atoms with van der Waals surface area (Å²) >= 11 is 0. The van der Waals surface area contributed by atoms with Crippen LogP contribution in [-0.2, 0) is 14.3 Å². The minimum atomic E-state index is 0.100. The van der Waals surface area contributed by atoms with Crippen molar-refractivity contribution in [2.75, 3.05) is 40.5 Å². The Balaban J connectivity index is 1.08. The summed E-state index contributed by atoms with van der Waals surface area (Å²) in [6.07, 6.45) is 10.4. The highest BCUT2D eigenvalue weighted by atomic mass is 16.5. The minimum absolute atomic E-state index is 0.100. The molecule has 1 amide bonds. The van der Waals surface area contributed by atoms with Crippen LogP contribution in [0, 0.1) is 11.8 Å². The van der Waals surface area contributed by atoms with Crippen LogP contribution in [0.15, 0.2) is 0 Å². The van der Waals surface area contributed by atoms with E-state index in [9.17, 15) is 4.79 Å². The summed E-state index contributed by atoms with van der Waals surface area (Å²) in [5.41, 5.74) is 6.95. The SMILES string of the molecule is COC1CCC2OCC[C@H](NC(=O)C3CCCC(NCC4NNC(C5CCNCN5)N4C)C3)C2C1. The van der Waals surface area contributed by atoms with Crippen LogP contribution in [0.2, 0.25) is 0 Å². The Morgan fingerprint density at radius 2 is 2.03 bits per heavy atom. The van der Waals surface area contributed by atoms with Crippen molar-refractivity contribution in [3.63, 3.8) is 0 Å². The summed E-state index contributed by atoms with van der Waals surface area (Å²) in [5.74, 6) is 0.725. The summed E-state index contributed by atoms with van der Waals surface area (Å²) in [4.78, 5) is 15.7. The van der Waals surface area contributed by atoms with Crippen LogP contribution in [0.25, 0.3) is 0 Å². The van der Waals surface area contributed by atoms with E-state index in [1.54, 1.807) is 7.11 Å². The second kappa shape index (κ2) is 12.1. The van der Waals surface area contributed by atoms with Crippen molar-refractivity contribution in [3.8, 4) is 0 Å². The third-order valence-corrected chi connectivity index (χ3v) is 9.20. The molecule has 3 aliphatic heterocycles. The Kier molecular flexibility index (Phi) is 8.94. The van der Waals surface area contributed by atoms with Crippen molar-refractivity contribution < 1.29 is 14.3 Å². The van der Waals surface area contributed by atoms with Crippen LogP contribution in [0.1, 0.15) is 57.8 Å². The summed E-state index contributed by atoms with van der Waals surface area (Å²) in [6.45, 7) is 3.54. The Morgan fingerprint density at radius 3 is 2.86 bits per heavy atom. The van der Waals surface area contributed by atoms with Gasteiger partial charge < -0.3 is 25.4 Å². The molecule has 0 aromatic carbocycles. The topological polar surface area (TPSA) is 111 Å². The van der Waals surface area contributed by atoms with Gasteiger partial charge in [0.25, 0.3) is 0 Å². The standard InChI is InChI=1S/C25H47N7O3/c1-32-23(30-31-24(32)21-8-10-26-15-28-21)14-27-17-5-3-4-16(12-17)25(33)29-20-9-11-35-22-7-6-18(34-2)13-19(20)22/h16-24,26-28,30-31H,3-15H2,1-2H3,(H,29,33)/t16?,17?,18?,19?,20-,21?,22?,23?,24?/m0/s1. The fourth-order valence-electron chi connectivity index (χ4n) is 6.99. The van der Waals surface area contributed by atoms with Crippen LogP contribution in [0.4, 0.5) is 0 Å². The van der Waals surface area contributed by atoms with E-state index in [1.807, 2.05) is 0 Å². The maximum atomic E-state index is 13.3. The van der Waals surface area contributed by atoms with Gasteiger partial charge in [0.15, 0.2) is 0 Å². The molecular formula is C25H47N7O3. The first-order chi connectivity index (χ1) is 17.1. The maximum Gasteiger partial charge on any atom is 0.223 e. The molecule has 10 nitrogen and oxygen atoms in total. The average Bonchev–Trinajstić information content (AvgIpc) is 3.28. The quantitative estimate of drug-likeness (QED) is 0.288. The van der Waals surface area contributed by atoms with E-state index in [0.29, 0.717) is 24.1 Å². The van der Waals surface area contributed by atoms with Crippen LogP contribution in [0.3, 0.4) is 0 Å². The highest BCUT2D eigenvalue weighted by Gasteiger charge is 2.41. The number of methoxy groups -OCH3 is 1. The Hall–Kier alpha value is -0.850. The van der Waals surface area contributed by atoms with E-state index < -0.39 is 0 Å². The first kappa shape index (κ1) is 25.8. The second-order valence-electron chi connectivity index (χ2n) is 11.3. The largest absolute Gasteiger partial charge is 0.381 e. The lowest BCUT2D eigenvalue weighted by molar-refractivity contribution is -0.132. The first-order valence-corrected chi connectivity index (χ1v) is 14.0. The molecule has 3 saturated heterocycles. The fourth-order valence-corrected chi connectivity index (χ4v) is 6.99. The zero-order valence-electron chi connectivity index (χ0n) is 21.6. The number of amides is 1. The normalized spacial score (nSPS) is 43.0. The van der Waals surface area contributed by atoms with Gasteiger partial charge in [-0.2, -0.15) is 0 Å². The van der Waals surface area contributed by atoms with Gasteiger partial charge in [-0.25, -0.2) is 10.9 Å². The van der Waals surface area contributed by atoms with Crippen LogP contribution in [0.5, 0.6) is 0 Å². The third kappa shape index (κ3) is 6.18. The molecule has 35 heavy (non-hydrogen) atoms. The van der Waals surface area contributed by atoms with Crippen molar-refractivity contribution >= 4 is 5.91 Å². The number of hydrazine groups is 1. The number of nitrogens with zero attached hydrogens (tertiary/aromatic N) is 1. The first-order valence-electron chi connectivity index (χ1n) is 14.0. The van der Waals surface area contributed by atoms with Crippen LogP contribution < -0.4 is 32.1 Å². The summed E-state index contributed by atoms with van der Waals surface area (Å²) in [7, 11) is 3.99. The number of fused-ring (bicyclic) bond motifs is 1. The van der Waals surface area contributed by atoms with Gasteiger partial charge in [0, 0.05) is 56.9 Å². The van der Waals surface area contributed by atoms with Crippen LogP contribution >= 0.6 is 0 Å². The van der Waals surface area contributed by atoms with Crippen molar-refractivity contribution in [2.24, 2.45) is 11.8 Å². The van der Waals surface area contributed by atoms with E-state index in [4.69, 9.17) is 9.47 Å². The van der Waals surface area contributed by atoms with E-state index in [2.05, 4.69) is 44.1 Å². The molecule has 5 aliphatic rings. The number of likely N-dealkylation sites (N-methyl/N-ethyl adjacent to an activating group) is 1. The Bertz CT molecular complexity index is 694. The summed E-state index contributed by atoms with van der Waals surface area (Å²) in [6, 6.07) is 1.05. The average molecular weight is 494 g/mol. The number of ether oxygens (including phenoxy) is 2. The highest BCUT2D eigenvalue weighted by Crippen LogP contribution is 2.35. The zero-order valence-corrected chi connectivity index (χ0v) is 21.6. The van der Waals surface area contributed by atoms with Gasteiger partial charge in [0.2, 0.25) is 5.91 Å². The van der Waals surface area contributed by atoms with Gasteiger partial charge in [0.1, 0.15) is 0 Å². The number of hydrogen-bond donors (Lipinski definition) is 6. The van der Waals surface area contributed by atoms with E-state index in [0.717, 1.165) is 84.2 Å². The fraction of sp³-hybridized carbons (Fsp3) is 0.960. The predicted molar refractivity (Wildman–Crippen MR) is 134 cm³/mol. The monoisotopic (exact) mass is 493 g/mol. The lowest BCUT2D eigenvalue weighted by Crippen LogP contribution is -2.58. The highest BCUT2D eigenvalue weighted by molar-refractivity contribution is 5.79. The number of carbonyl (C=O) groups is 1. The molecule has 0 aromatic heterocycles. The van der Waals surface area contributed by atoms with E-state index in [1.165, 1.54) is 0 Å². The maximum absolute atomic E-state index is 13.3. The van der Waals surface area contributed by atoms with Gasteiger partial charge in [-0.05, 0) is 65.0 Å². The number of hydrogen-bond acceptors (Lipinski definition) is 9. The van der Waals surface area contributed by atoms with Gasteiger partial charge in [-0.1, -0.05) is 6.42 Å². The smallest absolute Gasteiger partial charge is 0.223 e. The molecule has 6 N–H and O–H groups in total. The van der Waals surface area contributed by atoms with Crippen LogP contribution in [-0.4, -0.2) is 94.0 Å². The number of rotatable bonds is 7. The molecule has 0 aromatic rings. The molecule has 10 heteroatoms. The van der Waals surface area contributed by atoms with Crippen molar-refractivity contribution in [1.29, 1.82) is 0 Å². The van der Waals surface area contributed by atoms with Crippen molar-refractivity contribution in [1.82, 2.24) is 37.0 Å². The minimum Gasteiger partial charge on any atom is -0.381 e. The molecule has 200 valence electrons. The molecule has 5 fully saturated rings. The molecule has 2 saturated carbocycles.